The molecule has 2 aliphatic carbocycles. The van der Waals surface area contributed by atoms with Gasteiger partial charge in [-0.3, -0.25) is 0 Å². The molecule has 0 spiro atoms. The summed E-state index contributed by atoms with van der Waals surface area (Å²) in [6.07, 6.45) is 5.03. The van der Waals surface area contributed by atoms with E-state index in [1.54, 1.807) is 0 Å². The van der Waals surface area contributed by atoms with Crippen LogP contribution < -0.4 is 0 Å². The predicted molar refractivity (Wildman–Crippen MR) is 169 cm³/mol. The zero-order valence-electron chi connectivity index (χ0n) is 23.8. The predicted octanol–water partition coefficient (Wildman–Crippen LogP) is 10.1. The molecule has 0 saturated carbocycles. The molecule has 0 saturated heterocycles. The van der Waals surface area contributed by atoms with Crippen molar-refractivity contribution >= 4 is 19.1 Å². The summed E-state index contributed by atoms with van der Waals surface area (Å²) in [6, 6.07) is 35.9. The molecule has 2 unspecified atom stereocenters. The van der Waals surface area contributed by atoms with Crippen LogP contribution in [0.4, 0.5) is 0 Å². The van der Waals surface area contributed by atoms with Crippen LogP contribution in [0.15, 0.2) is 108 Å². The summed E-state index contributed by atoms with van der Waals surface area (Å²) in [4.78, 5) is 0. The molecule has 0 aliphatic heterocycles. The van der Waals surface area contributed by atoms with Crippen molar-refractivity contribution in [2.45, 2.75) is 39.9 Å². The molecule has 4 aromatic rings. The second kappa shape index (κ2) is 7.34. The average molecular weight is 679 g/mol. The van der Waals surface area contributed by atoms with E-state index in [0.29, 0.717) is 7.35 Å². The Balaban J connectivity index is 1.60. The number of benzene rings is 4. The van der Waals surface area contributed by atoms with Crippen molar-refractivity contribution in [1.82, 2.24) is 0 Å². The topological polar surface area (TPSA) is 0 Å². The van der Waals surface area contributed by atoms with Crippen LogP contribution in [0.1, 0.15) is 43.5 Å². The molecule has 192 valence electrons. The van der Waals surface area contributed by atoms with E-state index < -0.39 is 14.2 Å². The van der Waals surface area contributed by atoms with Crippen molar-refractivity contribution in [1.29, 1.82) is 0 Å². The monoisotopic (exact) mass is 680 g/mol. The van der Waals surface area contributed by atoms with Gasteiger partial charge in [-0.25, -0.2) is 0 Å². The summed E-state index contributed by atoms with van der Waals surface area (Å²) in [6.45, 7) is 7.23. The number of allylic oxidation sites excluding steroid dienone is 2. The van der Waals surface area contributed by atoms with Crippen LogP contribution in [0.2, 0.25) is 18.7 Å². The second-order valence-electron chi connectivity index (χ2n) is 16.3. The van der Waals surface area contributed by atoms with Crippen LogP contribution >= 0.6 is 0 Å². The fourth-order valence-corrected chi connectivity index (χ4v) is 50.6. The van der Waals surface area contributed by atoms with E-state index in [-0.39, 0.29) is 0 Å². The molecule has 0 bridgehead atoms. The Morgan fingerprint density at radius 1 is 0.500 bits per heavy atom. The van der Waals surface area contributed by atoms with Crippen LogP contribution in [0.3, 0.4) is 0 Å². The molecule has 0 nitrogen and oxygen atoms in total. The average Bonchev–Trinajstić information content (AvgIpc) is 3.41. The molecule has 2 heteroatoms. The van der Waals surface area contributed by atoms with Crippen LogP contribution in [0, 0.1) is 0 Å². The Hall–Kier alpha value is -2.55. The molecule has 0 aromatic heterocycles. The third-order valence-corrected chi connectivity index (χ3v) is 43.9. The Labute approximate surface area is 224 Å². The summed E-state index contributed by atoms with van der Waals surface area (Å²) in [5.74, 6) is 0. The van der Waals surface area contributed by atoms with Crippen molar-refractivity contribution in [3.05, 3.63) is 130 Å². The second-order valence-corrected chi connectivity index (χ2v) is 103. The third kappa shape index (κ3) is 3.71. The van der Waals surface area contributed by atoms with Crippen LogP contribution in [-0.4, -0.2) is 6.94 Å². The zero-order valence-corrected chi connectivity index (χ0v) is 28.8. The molecule has 4 aromatic carbocycles. The Morgan fingerprint density at radius 2 is 0.868 bits per heavy atom. The van der Waals surface area contributed by atoms with Gasteiger partial charge in [0.25, 0.3) is 0 Å². The molecule has 0 radical (unpaired) electrons. The van der Waals surface area contributed by atoms with Gasteiger partial charge in [-0.2, -0.15) is 0 Å². The normalized spacial score (nSPS) is 21.3. The SMILES string of the molecule is CC1=Cc2c(-c3ccccc3)cccc2[CH]1[Hf]([CH3])([CH3])([CH3])([CH3])(=[SiH2])[CH]1C(C)=Cc2c(-c3ccccc3)cccc21. The van der Waals surface area contributed by atoms with Gasteiger partial charge in [0, 0.05) is 0 Å². The molecular formula is C36H40HfSi. The van der Waals surface area contributed by atoms with E-state index in [0.717, 1.165) is 0 Å². The fourth-order valence-electron chi connectivity index (χ4n) is 9.06. The van der Waals surface area contributed by atoms with Gasteiger partial charge in [0.1, 0.15) is 0 Å². The number of fused-ring (bicyclic) bond motifs is 2. The Kier molecular flexibility index (Phi) is 4.97. The van der Waals surface area contributed by atoms with Crippen molar-refractivity contribution in [3.63, 3.8) is 0 Å². The Morgan fingerprint density at radius 3 is 1.24 bits per heavy atom. The first-order valence-corrected chi connectivity index (χ1v) is 40.9. The van der Waals surface area contributed by atoms with Gasteiger partial charge >= 0.3 is 226 Å². The van der Waals surface area contributed by atoms with E-state index in [1.165, 1.54) is 55.7 Å². The van der Waals surface area contributed by atoms with Crippen LogP contribution in [0.5, 0.6) is 0 Å². The summed E-state index contributed by atoms with van der Waals surface area (Å²) in [5.41, 5.74) is 14.3. The summed E-state index contributed by atoms with van der Waals surface area (Å²) >= 11 is -4.82. The van der Waals surface area contributed by atoms with E-state index in [1.807, 2.05) is 0 Å². The molecule has 38 heavy (non-hydrogen) atoms. The van der Waals surface area contributed by atoms with E-state index in [4.69, 9.17) is 0 Å². The number of hydrogen-bond donors (Lipinski definition) is 0. The van der Waals surface area contributed by atoms with Crippen LogP contribution in [-0.2, 0) is 14.2 Å². The molecule has 0 N–H and O–H groups in total. The van der Waals surface area contributed by atoms with Crippen molar-refractivity contribution in [2.24, 2.45) is 0 Å². The van der Waals surface area contributed by atoms with Gasteiger partial charge in [-0.15, -0.1) is 0 Å². The van der Waals surface area contributed by atoms with E-state index in [2.05, 4.69) is 149 Å². The van der Waals surface area contributed by atoms with E-state index in [9.17, 15) is 0 Å². The minimum absolute atomic E-state index is 0.427. The molecule has 0 amide bonds. The molecule has 2 atom stereocenters. The maximum atomic E-state index is 2.75. The number of hydrogen-bond acceptors (Lipinski definition) is 0. The Bertz CT molecular complexity index is 1670. The molecular weight excluding hydrogens is 639 g/mol. The third-order valence-electron chi connectivity index (χ3n) is 9.78. The minimum atomic E-state index is -4.82. The maximum absolute atomic E-state index is 4.82. The quantitative estimate of drug-likeness (QED) is 0.189. The van der Waals surface area contributed by atoms with Gasteiger partial charge in [-0.1, -0.05) is 0 Å². The molecule has 0 heterocycles. The van der Waals surface area contributed by atoms with Crippen molar-refractivity contribution in [2.75, 3.05) is 0 Å². The summed E-state index contributed by atoms with van der Waals surface area (Å²) in [5, 5.41) is 0. The van der Waals surface area contributed by atoms with Gasteiger partial charge in [0.15, 0.2) is 0 Å². The summed E-state index contributed by atoms with van der Waals surface area (Å²) in [7, 11) is 0. The van der Waals surface area contributed by atoms with Crippen LogP contribution in [0.25, 0.3) is 34.4 Å². The molecule has 6 rings (SSSR count). The first kappa shape index (κ1) is 25.7. The van der Waals surface area contributed by atoms with E-state index >= 15 is 0 Å². The van der Waals surface area contributed by atoms with Gasteiger partial charge in [-0.05, 0) is 0 Å². The fraction of sp³-hybridized carbons (Fsp3) is 0.222. The van der Waals surface area contributed by atoms with Crippen molar-refractivity contribution < 1.29 is 14.2 Å². The standard InChI is InChI=1S/2C16H13.4CH3.Hf.H2Si/c2*1-12-10-14-8-5-9-15(16(14)11-12)13-6-3-2-4-7-13;;;;;;/h2*2-11H,1H3;4*1H3;;1H2. The molecule has 0 fully saturated rings. The first-order valence-electron chi connectivity index (χ1n) is 14.0. The van der Waals surface area contributed by atoms with Gasteiger partial charge < -0.3 is 0 Å². The van der Waals surface area contributed by atoms with Crippen molar-refractivity contribution in [3.8, 4) is 22.3 Å². The van der Waals surface area contributed by atoms with Gasteiger partial charge in [0.2, 0.25) is 0 Å². The zero-order chi connectivity index (χ0) is 27.0. The summed E-state index contributed by atoms with van der Waals surface area (Å²) < 4.78 is 11.9. The first-order chi connectivity index (χ1) is 17.7. The number of rotatable bonds is 4. The molecule has 2 aliphatic rings. The van der Waals surface area contributed by atoms with Gasteiger partial charge in [0.05, 0.1) is 0 Å².